The van der Waals surface area contributed by atoms with Gasteiger partial charge in [0.15, 0.2) is 17.4 Å². The van der Waals surface area contributed by atoms with Crippen LogP contribution in [0.15, 0.2) is 72.0 Å². The van der Waals surface area contributed by atoms with Crippen molar-refractivity contribution in [2.24, 2.45) is 11.0 Å². The van der Waals surface area contributed by atoms with Crippen molar-refractivity contribution in [1.29, 1.82) is 5.53 Å². The molecule has 2 N–H and O–H groups in total. The topological polar surface area (TPSA) is 83.2 Å². The van der Waals surface area contributed by atoms with E-state index in [9.17, 15) is 4.39 Å². The number of halogens is 1. The first-order valence-corrected chi connectivity index (χ1v) is 10.6. The lowest BCUT2D eigenvalue weighted by molar-refractivity contribution is 0.285. The van der Waals surface area contributed by atoms with Crippen LogP contribution in [0.1, 0.15) is 18.4 Å². The van der Waals surface area contributed by atoms with Gasteiger partial charge in [-0.15, -0.1) is 0 Å². The van der Waals surface area contributed by atoms with Gasteiger partial charge in [-0.2, -0.15) is 5.11 Å². The minimum atomic E-state index is -0.404. The Hall–Kier alpha value is -3.87. The maximum absolute atomic E-state index is 14.5. The molecule has 2 heterocycles. The Labute approximate surface area is 185 Å². The van der Waals surface area contributed by atoms with Crippen molar-refractivity contribution in [3.05, 3.63) is 78.2 Å². The second kappa shape index (κ2) is 8.70. The second-order valence-electron chi connectivity index (χ2n) is 7.96. The van der Waals surface area contributed by atoms with Crippen molar-refractivity contribution in [2.75, 3.05) is 11.9 Å². The SMILES string of the molecule is N=Nc1ccc(-c2ccc(OCC3CC3)c(F)c2)nc1NCc1ccc2ncccc2c1. The van der Waals surface area contributed by atoms with E-state index < -0.39 is 5.82 Å². The number of hydrogen-bond acceptors (Lipinski definition) is 6. The van der Waals surface area contributed by atoms with E-state index >= 15 is 0 Å². The molecular weight excluding hydrogens is 405 g/mol. The molecule has 0 radical (unpaired) electrons. The molecule has 0 bridgehead atoms. The molecule has 7 heteroatoms. The fraction of sp³-hybridized carbons (Fsp3) is 0.200. The van der Waals surface area contributed by atoms with E-state index in [4.69, 9.17) is 10.3 Å². The largest absolute Gasteiger partial charge is 0.490 e. The molecule has 5 rings (SSSR count). The van der Waals surface area contributed by atoms with Gasteiger partial charge in [0.2, 0.25) is 0 Å². The number of nitrogens with one attached hydrogen (secondary N) is 2. The van der Waals surface area contributed by atoms with Gasteiger partial charge in [0.05, 0.1) is 17.8 Å². The molecule has 1 aliphatic rings. The lowest BCUT2D eigenvalue weighted by atomic mass is 10.1. The van der Waals surface area contributed by atoms with Crippen LogP contribution < -0.4 is 10.1 Å². The Morgan fingerprint density at radius 2 is 2.00 bits per heavy atom. The summed E-state index contributed by atoms with van der Waals surface area (Å²) in [5.74, 6) is 0.892. The van der Waals surface area contributed by atoms with Crippen LogP contribution in [0.25, 0.3) is 22.2 Å². The molecule has 6 nitrogen and oxygen atoms in total. The third-order valence-electron chi connectivity index (χ3n) is 5.52. The summed E-state index contributed by atoms with van der Waals surface area (Å²) in [4.78, 5) is 8.94. The summed E-state index contributed by atoms with van der Waals surface area (Å²) < 4.78 is 20.1. The molecular formula is C25H22FN5O. The zero-order valence-electron chi connectivity index (χ0n) is 17.4. The van der Waals surface area contributed by atoms with Gasteiger partial charge in [-0.05, 0) is 72.9 Å². The van der Waals surface area contributed by atoms with Crippen molar-refractivity contribution < 1.29 is 9.13 Å². The average Bonchev–Trinajstić information content (AvgIpc) is 3.66. The Balaban J connectivity index is 1.35. The predicted molar refractivity (Wildman–Crippen MR) is 122 cm³/mol. The molecule has 4 aromatic rings. The molecule has 2 aromatic carbocycles. The summed E-state index contributed by atoms with van der Waals surface area (Å²) in [6.45, 7) is 1.07. The molecule has 0 atom stereocenters. The summed E-state index contributed by atoms with van der Waals surface area (Å²) in [6, 6.07) is 18.3. The van der Waals surface area contributed by atoms with Crippen LogP contribution in [0, 0.1) is 17.3 Å². The zero-order chi connectivity index (χ0) is 21.9. The smallest absolute Gasteiger partial charge is 0.165 e. The van der Waals surface area contributed by atoms with E-state index in [0.29, 0.717) is 41.8 Å². The van der Waals surface area contributed by atoms with E-state index in [1.807, 2.05) is 24.3 Å². The number of benzene rings is 2. The van der Waals surface area contributed by atoms with Gasteiger partial charge >= 0.3 is 0 Å². The van der Waals surface area contributed by atoms with Crippen LogP contribution in [0.2, 0.25) is 0 Å². The summed E-state index contributed by atoms with van der Waals surface area (Å²) in [5.41, 5.74) is 11.1. The van der Waals surface area contributed by atoms with Crippen LogP contribution >= 0.6 is 0 Å². The van der Waals surface area contributed by atoms with Gasteiger partial charge in [-0.25, -0.2) is 14.9 Å². The molecule has 0 saturated heterocycles. The lowest BCUT2D eigenvalue weighted by Crippen LogP contribution is -2.03. The first-order valence-electron chi connectivity index (χ1n) is 10.6. The number of nitrogens with zero attached hydrogens (tertiary/aromatic N) is 3. The molecule has 0 unspecified atom stereocenters. The van der Waals surface area contributed by atoms with Gasteiger partial charge in [0.25, 0.3) is 0 Å². The highest BCUT2D eigenvalue weighted by atomic mass is 19.1. The number of aromatic nitrogens is 2. The molecule has 1 saturated carbocycles. The second-order valence-corrected chi connectivity index (χ2v) is 7.96. The van der Waals surface area contributed by atoms with Crippen molar-refractivity contribution in [1.82, 2.24) is 9.97 Å². The maximum atomic E-state index is 14.5. The monoisotopic (exact) mass is 427 g/mol. The minimum absolute atomic E-state index is 0.266. The zero-order valence-corrected chi connectivity index (χ0v) is 17.4. The minimum Gasteiger partial charge on any atom is -0.490 e. The van der Waals surface area contributed by atoms with E-state index in [2.05, 4.69) is 26.5 Å². The van der Waals surface area contributed by atoms with E-state index in [-0.39, 0.29) is 5.75 Å². The average molecular weight is 427 g/mol. The normalized spacial score (nSPS) is 13.2. The Morgan fingerprint density at radius 1 is 1.09 bits per heavy atom. The fourth-order valence-electron chi connectivity index (χ4n) is 3.52. The van der Waals surface area contributed by atoms with Crippen molar-refractivity contribution in [2.45, 2.75) is 19.4 Å². The summed E-state index contributed by atoms with van der Waals surface area (Å²) in [5, 5.41) is 7.88. The summed E-state index contributed by atoms with van der Waals surface area (Å²) in [7, 11) is 0. The first kappa shape index (κ1) is 20.1. The van der Waals surface area contributed by atoms with Gasteiger partial charge in [-0.3, -0.25) is 4.98 Å². The highest BCUT2D eigenvalue weighted by Crippen LogP contribution is 2.32. The van der Waals surface area contributed by atoms with Gasteiger partial charge in [0, 0.05) is 23.7 Å². The predicted octanol–water partition coefficient (Wildman–Crippen LogP) is 6.50. The highest BCUT2D eigenvalue weighted by molar-refractivity contribution is 5.79. The Morgan fingerprint density at radius 3 is 2.81 bits per heavy atom. The molecule has 0 spiro atoms. The Bertz CT molecular complexity index is 1290. The van der Waals surface area contributed by atoms with Gasteiger partial charge in [0.1, 0.15) is 5.69 Å². The molecule has 32 heavy (non-hydrogen) atoms. The summed E-state index contributed by atoms with van der Waals surface area (Å²) >= 11 is 0. The Kier molecular flexibility index (Phi) is 5.46. The number of pyridine rings is 2. The van der Waals surface area contributed by atoms with Crippen LogP contribution in [0.3, 0.4) is 0 Å². The fourth-order valence-corrected chi connectivity index (χ4v) is 3.52. The van der Waals surface area contributed by atoms with Crippen LogP contribution in [-0.4, -0.2) is 16.6 Å². The van der Waals surface area contributed by atoms with E-state index in [0.717, 1.165) is 29.3 Å². The molecule has 0 amide bonds. The third kappa shape index (κ3) is 4.42. The van der Waals surface area contributed by atoms with Crippen LogP contribution in [0.4, 0.5) is 15.9 Å². The van der Waals surface area contributed by atoms with Gasteiger partial charge in [-0.1, -0.05) is 12.1 Å². The highest BCUT2D eigenvalue weighted by Gasteiger charge is 2.22. The van der Waals surface area contributed by atoms with Gasteiger partial charge < -0.3 is 10.1 Å². The summed E-state index contributed by atoms with van der Waals surface area (Å²) in [6.07, 6.45) is 4.08. The van der Waals surface area contributed by atoms with Crippen molar-refractivity contribution in [3.63, 3.8) is 0 Å². The van der Waals surface area contributed by atoms with Crippen molar-refractivity contribution in [3.8, 4) is 17.0 Å². The van der Waals surface area contributed by atoms with E-state index in [1.165, 1.54) is 6.07 Å². The maximum Gasteiger partial charge on any atom is 0.165 e. The number of ether oxygens (including phenoxy) is 1. The number of fused-ring (bicyclic) bond motifs is 1. The third-order valence-corrected chi connectivity index (χ3v) is 5.52. The number of hydrogen-bond donors (Lipinski definition) is 2. The molecule has 1 aliphatic carbocycles. The quantitative estimate of drug-likeness (QED) is 0.314. The number of rotatable bonds is 8. The van der Waals surface area contributed by atoms with Crippen LogP contribution in [0.5, 0.6) is 5.75 Å². The van der Waals surface area contributed by atoms with Crippen molar-refractivity contribution >= 4 is 22.4 Å². The lowest BCUT2D eigenvalue weighted by Gasteiger charge is -2.12. The number of anilines is 1. The molecule has 0 aliphatic heterocycles. The molecule has 1 fully saturated rings. The molecule has 2 aromatic heterocycles. The van der Waals surface area contributed by atoms with Crippen LogP contribution in [-0.2, 0) is 6.54 Å². The molecule has 160 valence electrons. The standard InChI is InChI=1S/C25H22FN5O/c26-20-13-19(6-10-24(20)32-15-16-3-4-16)22-8-9-23(31-27)25(30-22)29-14-17-5-7-21-18(12-17)2-1-11-28-21/h1-2,5-13,16,27H,3-4,14-15H2,(H,29,30). The van der Waals surface area contributed by atoms with E-state index in [1.54, 1.807) is 30.5 Å². The first-order chi connectivity index (χ1) is 15.7.